The summed E-state index contributed by atoms with van der Waals surface area (Å²) in [7, 11) is 0. The van der Waals surface area contributed by atoms with Crippen LogP contribution in [0, 0.1) is 17.0 Å². The maximum atomic E-state index is 13.0. The van der Waals surface area contributed by atoms with Crippen molar-refractivity contribution in [3.05, 3.63) is 82.2 Å². The van der Waals surface area contributed by atoms with E-state index in [-0.39, 0.29) is 23.2 Å². The summed E-state index contributed by atoms with van der Waals surface area (Å²) in [5.74, 6) is -0.552. The number of esters is 1. The first-order valence-corrected chi connectivity index (χ1v) is 11.6. The summed E-state index contributed by atoms with van der Waals surface area (Å²) in [5, 5.41) is 15.5. The molecule has 3 heterocycles. The fourth-order valence-electron chi connectivity index (χ4n) is 4.04. The molecule has 0 unspecified atom stereocenters. The molecule has 5 rings (SSSR count). The van der Waals surface area contributed by atoms with E-state index in [1.807, 2.05) is 38.1 Å². The van der Waals surface area contributed by atoms with E-state index in [0.717, 1.165) is 5.56 Å². The number of ether oxygens (including phenoxy) is 4. The van der Waals surface area contributed by atoms with E-state index >= 15 is 0 Å². The average molecular weight is 504 g/mol. The highest BCUT2D eigenvalue weighted by molar-refractivity contribution is 5.91. The Morgan fingerprint density at radius 2 is 1.92 bits per heavy atom. The highest BCUT2D eigenvalue weighted by Crippen LogP contribution is 2.30. The molecule has 0 spiro atoms. The lowest BCUT2D eigenvalue weighted by Crippen LogP contribution is -2.25. The number of fused-ring (bicyclic) bond motifs is 1. The molecule has 1 fully saturated rings. The van der Waals surface area contributed by atoms with Gasteiger partial charge in [-0.05, 0) is 57.2 Å². The van der Waals surface area contributed by atoms with Crippen LogP contribution >= 0.6 is 0 Å². The first-order chi connectivity index (χ1) is 17.7. The molecule has 2 aromatic heterocycles. The summed E-state index contributed by atoms with van der Waals surface area (Å²) in [6, 6.07) is 16.3. The number of aryl methyl sites for hydroxylation is 1. The molecule has 1 aliphatic rings. The maximum Gasteiger partial charge on any atom is 0.364 e. The molecule has 0 aliphatic carbocycles. The molecule has 1 atom stereocenters. The van der Waals surface area contributed by atoms with Crippen LogP contribution in [0.5, 0.6) is 11.5 Å². The van der Waals surface area contributed by atoms with Gasteiger partial charge in [0.25, 0.3) is 5.69 Å². The minimum atomic E-state index is -0.686. The molecular formula is C26H24N4O7. The number of carbonyl (C=O) groups is 1. The SMILES string of the molecule is Cc1nc2ccc(-c3ccccc3OC[C@H]3COC(C)(C)O3)nn2c1C(=O)Oc1ccc([N+](=O)[O-])cc1. The van der Waals surface area contributed by atoms with Crippen LogP contribution in [-0.2, 0) is 9.47 Å². The normalized spacial score (nSPS) is 16.6. The summed E-state index contributed by atoms with van der Waals surface area (Å²) >= 11 is 0. The van der Waals surface area contributed by atoms with E-state index in [1.54, 1.807) is 19.1 Å². The summed E-state index contributed by atoms with van der Waals surface area (Å²) < 4.78 is 24.4. The van der Waals surface area contributed by atoms with Crippen molar-refractivity contribution in [2.45, 2.75) is 32.7 Å². The lowest BCUT2D eigenvalue weighted by atomic mass is 10.1. The predicted octanol–water partition coefficient (Wildman–Crippen LogP) is 4.36. The predicted molar refractivity (Wildman–Crippen MR) is 132 cm³/mol. The molecule has 0 bridgehead atoms. The van der Waals surface area contributed by atoms with E-state index < -0.39 is 16.7 Å². The van der Waals surface area contributed by atoms with Gasteiger partial charge in [-0.2, -0.15) is 5.10 Å². The number of nitro groups is 1. The largest absolute Gasteiger partial charge is 0.490 e. The van der Waals surface area contributed by atoms with Crippen molar-refractivity contribution in [2.24, 2.45) is 0 Å². The van der Waals surface area contributed by atoms with Gasteiger partial charge in [0.05, 0.1) is 22.9 Å². The number of imidazole rings is 1. The number of carbonyl (C=O) groups excluding carboxylic acids is 1. The number of hydrogen-bond acceptors (Lipinski definition) is 9. The third-order valence-electron chi connectivity index (χ3n) is 5.76. The number of nitrogens with zero attached hydrogens (tertiary/aromatic N) is 4. The van der Waals surface area contributed by atoms with Crippen LogP contribution in [0.15, 0.2) is 60.7 Å². The third kappa shape index (κ3) is 5.13. The lowest BCUT2D eigenvalue weighted by Gasteiger charge is -2.18. The molecule has 2 aromatic carbocycles. The quantitative estimate of drug-likeness (QED) is 0.156. The molecule has 1 aliphatic heterocycles. The zero-order chi connectivity index (χ0) is 26.2. The number of hydrogen-bond donors (Lipinski definition) is 0. The number of para-hydroxylation sites is 1. The van der Waals surface area contributed by atoms with Crippen LogP contribution < -0.4 is 9.47 Å². The second kappa shape index (κ2) is 9.60. The van der Waals surface area contributed by atoms with Gasteiger partial charge in [-0.1, -0.05) is 12.1 Å². The van der Waals surface area contributed by atoms with Crippen molar-refractivity contribution in [1.82, 2.24) is 14.6 Å². The molecule has 0 saturated carbocycles. The smallest absolute Gasteiger partial charge is 0.364 e. The standard InChI is InChI=1S/C26H24N4O7/c1-16-24(25(31)36-18-10-8-17(9-11-18)30(32)33)29-23(27-16)13-12-21(28-29)20-6-4-5-7-22(20)34-14-19-15-35-26(2,3)37-19/h4-13,19H,14-15H2,1-3H3/t19-/m0/s1. The van der Waals surface area contributed by atoms with Gasteiger partial charge in [-0.15, -0.1) is 0 Å². The van der Waals surface area contributed by atoms with Crippen molar-refractivity contribution in [1.29, 1.82) is 0 Å². The Bertz CT molecular complexity index is 1480. The highest BCUT2D eigenvalue weighted by Gasteiger charge is 2.33. The summed E-state index contributed by atoms with van der Waals surface area (Å²) in [6.45, 7) is 6.14. The molecule has 0 radical (unpaired) electrons. The Morgan fingerprint density at radius 3 is 2.62 bits per heavy atom. The van der Waals surface area contributed by atoms with Gasteiger partial charge in [0.2, 0.25) is 0 Å². The topological polar surface area (TPSA) is 127 Å². The molecule has 37 heavy (non-hydrogen) atoms. The minimum absolute atomic E-state index is 0.103. The molecule has 4 aromatic rings. The first-order valence-electron chi connectivity index (χ1n) is 11.6. The van der Waals surface area contributed by atoms with E-state index in [4.69, 9.17) is 18.9 Å². The summed E-state index contributed by atoms with van der Waals surface area (Å²) in [6.07, 6.45) is -0.199. The molecule has 0 N–H and O–H groups in total. The number of nitro benzene ring substituents is 1. The Morgan fingerprint density at radius 1 is 1.16 bits per heavy atom. The van der Waals surface area contributed by atoms with E-state index in [2.05, 4.69) is 10.1 Å². The number of rotatable bonds is 7. The number of aromatic nitrogens is 3. The molecule has 190 valence electrons. The van der Waals surface area contributed by atoms with Crippen molar-refractivity contribution in [2.75, 3.05) is 13.2 Å². The van der Waals surface area contributed by atoms with Crippen LogP contribution in [-0.4, -0.2) is 50.6 Å². The van der Waals surface area contributed by atoms with Crippen molar-refractivity contribution in [3.8, 4) is 22.8 Å². The Kier molecular flexibility index (Phi) is 6.32. The van der Waals surface area contributed by atoms with Crippen LogP contribution in [0.3, 0.4) is 0 Å². The zero-order valence-corrected chi connectivity index (χ0v) is 20.4. The van der Waals surface area contributed by atoms with Crippen LogP contribution in [0.2, 0.25) is 0 Å². The monoisotopic (exact) mass is 504 g/mol. The molecule has 11 nitrogen and oxygen atoms in total. The summed E-state index contributed by atoms with van der Waals surface area (Å²) in [5.41, 5.74) is 2.23. The van der Waals surface area contributed by atoms with Gasteiger partial charge in [-0.3, -0.25) is 10.1 Å². The second-order valence-electron chi connectivity index (χ2n) is 8.93. The van der Waals surface area contributed by atoms with Gasteiger partial charge >= 0.3 is 5.97 Å². The van der Waals surface area contributed by atoms with E-state index in [0.29, 0.717) is 36.0 Å². The first kappa shape index (κ1) is 24.3. The molecule has 1 saturated heterocycles. The highest BCUT2D eigenvalue weighted by atomic mass is 16.7. The molecule has 0 amide bonds. The zero-order valence-electron chi connectivity index (χ0n) is 20.4. The maximum absolute atomic E-state index is 13.0. The van der Waals surface area contributed by atoms with Crippen molar-refractivity contribution >= 4 is 17.3 Å². The number of benzene rings is 2. The van der Waals surface area contributed by atoms with Gasteiger partial charge in [0.1, 0.15) is 24.2 Å². The summed E-state index contributed by atoms with van der Waals surface area (Å²) in [4.78, 5) is 27.8. The average Bonchev–Trinajstić information content (AvgIpc) is 3.40. The Hall–Kier alpha value is -4.35. The van der Waals surface area contributed by atoms with Crippen LogP contribution in [0.4, 0.5) is 5.69 Å². The van der Waals surface area contributed by atoms with E-state index in [1.165, 1.54) is 28.8 Å². The number of non-ortho nitro benzene ring substituents is 1. The van der Waals surface area contributed by atoms with Crippen molar-refractivity contribution < 1.29 is 28.7 Å². The van der Waals surface area contributed by atoms with Crippen LogP contribution in [0.1, 0.15) is 30.0 Å². The second-order valence-corrected chi connectivity index (χ2v) is 8.93. The van der Waals surface area contributed by atoms with Gasteiger partial charge in [-0.25, -0.2) is 14.3 Å². The van der Waals surface area contributed by atoms with Crippen LogP contribution in [0.25, 0.3) is 16.9 Å². The van der Waals surface area contributed by atoms with Gasteiger partial charge < -0.3 is 18.9 Å². The third-order valence-corrected chi connectivity index (χ3v) is 5.76. The molecule has 11 heteroatoms. The Balaban J connectivity index is 1.41. The van der Waals surface area contributed by atoms with E-state index in [9.17, 15) is 14.9 Å². The fourth-order valence-corrected chi connectivity index (χ4v) is 4.04. The van der Waals surface area contributed by atoms with Gasteiger partial charge in [0, 0.05) is 17.7 Å². The minimum Gasteiger partial charge on any atom is -0.490 e. The molecular weight excluding hydrogens is 480 g/mol. The fraction of sp³-hybridized carbons (Fsp3) is 0.269. The lowest BCUT2D eigenvalue weighted by molar-refractivity contribution is -0.384. The Labute approximate surface area is 211 Å². The van der Waals surface area contributed by atoms with Crippen molar-refractivity contribution in [3.63, 3.8) is 0 Å². The van der Waals surface area contributed by atoms with Gasteiger partial charge in [0.15, 0.2) is 17.1 Å².